The molecule has 0 spiro atoms. The van der Waals surface area contributed by atoms with Crippen LogP contribution in [0.25, 0.3) is 0 Å². The van der Waals surface area contributed by atoms with Crippen LogP contribution in [0, 0.1) is 0 Å². The maximum absolute atomic E-state index is 11.2. The molecule has 1 aliphatic heterocycles. The largest absolute Gasteiger partial charge is 0.495 e. The second-order valence-corrected chi connectivity index (χ2v) is 7.25. The van der Waals surface area contributed by atoms with Gasteiger partial charge in [-0.3, -0.25) is 0 Å². The van der Waals surface area contributed by atoms with Gasteiger partial charge in [0.15, 0.2) is 0 Å². The van der Waals surface area contributed by atoms with Crippen molar-refractivity contribution in [2.75, 3.05) is 0 Å². The predicted molar refractivity (Wildman–Crippen MR) is 84.4 cm³/mol. The van der Waals surface area contributed by atoms with E-state index < -0.39 is 29.9 Å². The highest BCUT2D eigenvalue weighted by atomic mass is 16.7. The van der Waals surface area contributed by atoms with E-state index in [0.29, 0.717) is 11.0 Å². The molecule has 2 N–H and O–H groups in total. The molecule has 1 aromatic carbocycles. The van der Waals surface area contributed by atoms with Crippen LogP contribution in [0.15, 0.2) is 18.2 Å². The smallest absolute Gasteiger partial charge is 0.478 e. The minimum Gasteiger partial charge on any atom is -0.478 e. The maximum atomic E-state index is 11.2. The lowest BCUT2D eigenvalue weighted by molar-refractivity contribution is 0.00578. The maximum Gasteiger partial charge on any atom is 0.495 e. The summed E-state index contributed by atoms with van der Waals surface area (Å²) in [6, 6.07) is 4.60. The van der Waals surface area contributed by atoms with Crippen molar-refractivity contribution in [2.45, 2.75) is 58.3 Å². The fourth-order valence-corrected chi connectivity index (χ4v) is 2.42. The minimum atomic E-state index is -1.13. The molecule has 0 amide bonds. The average Bonchev–Trinajstić information content (AvgIpc) is 2.56. The van der Waals surface area contributed by atoms with Crippen molar-refractivity contribution in [3.05, 3.63) is 29.3 Å². The molecule has 2 rings (SSSR count). The van der Waals surface area contributed by atoms with E-state index in [1.54, 1.807) is 19.9 Å². The summed E-state index contributed by atoms with van der Waals surface area (Å²) >= 11 is 0. The molecule has 22 heavy (non-hydrogen) atoms. The molecule has 120 valence electrons. The van der Waals surface area contributed by atoms with Crippen LogP contribution in [0.2, 0.25) is 0 Å². The van der Waals surface area contributed by atoms with Gasteiger partial charge in [0.05, 0.1) is 22.4 Å². The zero-order chi connectivity index (χ0) is 16.9. The van der Waals surface area contributed by atoms with Gasteiger partial charge in [-0.25, -0.2) is 4.79 Å². The average molecular weight is 306 g/mol. The van der Waals surface area contributed by atoms with Crippen molar-refractivity contribution in [3.8, 4) is 0 Å². The van der Waals surface area contributed by atoms with E-state index >= 15 is 0 Å². The number of carboxylic acids is 1. The fourth-order valence-electron chi connectivity index (χ4n) is 2.42. The predicted octanol–water partition coefficient (Wildman–Crippen LogP) is 1.91. The molecule has 1 aliphatic rings. The van der Waals surface area contributed by atoms with Gasteiger partial charge in [-0.1, -0.05) is 6.07 Å². The first kappa shape index (κ1) is 17.0. The Morgan fingerprint density at radius 2 is 1.64 bits per heavy atom. The van der Waals surface area contributed by atoms with Crippen LogP contribution < -0.4 is 5.46 Å². The van der Waals surface area contributed by atoms with Crippen molar-refractivity contribution >= 4 is 18.6 Å². The number of hydrogen-bond donors (Lipinski definition) is 2. The SMILES string of the molecule is CC(C)(O)c1ccc(C(=O)O)cc1B1OC(C)(C)C(C)(C)O1. The van der Waals surface area contributed by atoms with Crippen LogP contribution in [-0.2, 0) is 14.9 Å². The topological polar surface area (TPSA) is 76.0 Å². The van der Waals surface area contributed by atoms with Gasteiger partial charge in [-0.15, -0.1) is 0 Å². The summed E-state index contributed by atoms with van der Waals surface area (Å²) in [5, 5.41) is 19.6. The van der Waals surface area contributed by atoms with E-state index in [9.17, 15) is 15.0 Å². The first-order valence-electron chi connectivity index (χ1n) is 7.31. The number of rotatable bonds is 3. The van der Waals surface area contributed by atoms with Crippen molar-refractivity contribution in [1.82, 2.24) is 0 Å². The summed E-state index contributed by atoms with van der Waals surface area (Å²) in [6.45, 7) is 11.0. The lowest BCUT2D eigenvalue weighted by atomic mass is 9.72. The summed E-state index contributed by atoms with van der Waals surface area (Å²) in [4.78, 5) is 11.2. The van der Waals surface area contributed by atoms with Crippen LogP contribution >= 0.6 is 0 Å². The van der Waals surface area contributed by atoms with Gasteiger partial charge in [0.1, 0.15) is 0 Å². The van der Waals surface area contributed by atoms with Crippen LogP contribution in [0.3, 0.4) is 0 Å². The molecule has 1 fully saturated rings. The van der Waals surface area contributed by atoms with E-state index in [4.69, 9.17) is 9.31 Å². The molecule has 6 heteroatoms. The molecule has 1 saturated heterocycles. The van der Waals surface area contributed by atoms with Gasteiger partial charge in [-0.2, -0.15) is 0 Å². The Kier molecular flexibility index (Phi) is 3.92. The third-order valence-corrected chi connectivity index (χ3v) is 4.46. The molecule has 0 aliphatic carbocycles. The number of carboxylic acid groups (broad SMARTS) is 1. The van der Waals surface area contributed by atoms with Crippen LogP contribution in [0.1, 0.15) is 57.5 Å². The molecule has 1 aromatic rings. The van der Waals surface area contributed by atoms with Gasteiger partial charge in [0, 0.05) is 0 Å². The molecule has 5 nitrogen and oxygen atoms in total. The highest BCUT2D eigenvalue weighted by Crippen LogP contribution is 2.37. The Hall–Kier alpha value is -1.37. The van der Waals surface area contributed by atoms with Gasteiger partial charge in [0.2, 0.25) is 0 Å². The first-order valence-corrected chi connectivity index (χ1v) is 7.31. The second kappa shape index (κ2) is 5.08. The third-order valence-electron chi connectivity index (χ3n) is 4.46. The third kappa shape index (κ3) is 2.91. The molecule has 0 radical (unpaired) electrons. The summed E-state index contributed by atoms with van der Waals surface area (Å²) in [5.74, 6) is -1.03. The van der Waals surface area contributed by atoms with Crippen LogP contribution in [0.5, 0.6) is 0 Å². The van der Waals surface area contributed by atoms with Gasteiger partial charge in [-0.05, 0) is 64.7 Å². The summed E-state index contributed by atoms with van der Waals surface area (Å²) in [7, 11) is -0.717. The standard InChI is InChI=1S/C16H23BO5/c1-14(2,20)11-8-7-10(13(18)19)9-12(11)17-21-15(3,4)16(5,6)22-17/h7-9,20H,1-6H3,(H,18,19). The fraction of sp³-hybridized carbons (Fsp3) is 0.562. The van der Waals surface area contributed by atoms with Gasteiger partial charge >= 0.3 is 13.1 Å². The highest BCUT2D eigenvalue weighted by molar-refractivity contribution is 6.62. The van der Waals surface area contributed by atoms with E-state index in [1.807, 2.05) is 27.7 Å². The molecule has 0 unspecified atom stereocenters. The number of hydrogen-bond acceptors (Lipinski definition) is 4. The first-order chi connectivity index (χ1) is 9.85. The zero-order valence-electron chi connectivity index (χ0n) is 13.9. The molecule has 0 bridgehead atoms. The normalized spacial score (nSPS) is 20.2. The lowest BCUT2D eigenvalue weighted by Crippen LogP contribution is -2.41. The van der Waals surface area contributed by atoms with Crippen molar-refractivity contribution in [3.63, 3.8) is 0 Å². The quantitative estimate of drug-likeness (QED) is 0.834. The molecular formula is C16H23BO5. The van der Waals surface area contributed by atoms with Crippen molar-refractivity contribution < 1.29 is 24.3 Å². The van der Waals surface area contributed by atoms with Crippen molar-refractivity contribution in [2.24, 2.45) is 0 Å². The van der Waals surface area contributed by atoms with E-state index in [0.717, 1.165) is 0 Å². The number of aliphatic hydroxyl groups is 1. The highest BCUT2D eigenvalue weighted by Gasteiger charge is 2.52. The van der Waals surface area contributed by atoms with Gasteiger partial charge in [0.25, 0.3) is 0 Å². The monoisotopic (exact) mass is 306 g/mol. The van der Waals surface area contributed by atoms with E-state index in [2.05, 4.69) is 0 Å². The summed E-state index contributed by atoms with van der Waals surface area (Å²) in [5.41, 5.74) is -0.919. The zero-order valence-corrected chi connectivity index (χ0v) is 13.9. The number of aromatic carboxylic acids is 1. The lowest BCUT2D eigenvalue weighted by Gasteiger charge is -2.32. The second-order valence-electron chi connectivity index (χ2n) is 7.25. The number of benzene rings is 1. The molecule has 0 saturated carbocycles. The van der Waals surface area contributed by atoms with Crippen molar-refractivity contribution in [1.29, 1.82) is 0 Å². The van der Waals surface area contributed by atoms with Crippen LogP contribution in [-0.4, -0.2) is 34.5 Å². The Morgan fingerprint density at radius 1 is 1.14 bits per heavy atom. The van der Waals surface area contributed by atoms with E-state index in [-0.39, 0.29) is 5.56 Å². The molecule has 0 aromatic heterocycles. The Morgan fingerprint density at radius 3 is 2.05 bits per heavy atom. The summed E-state index contributed by atoms with van der Waals surface area (Å²) < 4.78 is 12.0. The van der Waals surface area contributed by atoms with Gasteiger partial charge < -0.3 is 19.5 Å². The molecule has 1 heterocycles. The molecular weight excluding hydrogens is 283 g/mol. The summed E-state index contributed by atoms with van der Waals surface area (Å²) in [6.07, 6.45) is 0. The van der Waals surface area contributed by atoms with Crippen LogP contribution in [0.4, 0.5) is 0 Å². The Bertz CT molecular complexity index is 585. The minimum absolute atomic E-state index is 0.137. The Labute approximate surface area is 131 Å². The number of carbonyl (C=O) groups is 1. The Balaban J connectivity index is 2.54. The van der Waals surface area contributed by atoms with E-state index in [1.165, 1.54) is 12.1 Å². The molecule has 0 atom stereocenters.